The Labute approximate surface area is 239 Å². The molecule has 0 aliphatic carbocycles. The van der Waals surface area contributed by atoms with Crippen LogP contribution in [0.15, 0.2) is 65.1 Å². The van der Waals surface area contributed by atoms with Crippen LogP contribution in [-0.4, -0.2) is 45.4 Å². The van der Waals surface area contributed by atoms with Crippen LogP contribution in [0.2, 0.25) is 0 Å². The van der Waals surface area contributed by atoms with Gasteiger partial charge in [-0.25, -0.2) is 12.8 Å². The number of hydrogen-bond acceptors (Lipinski definition) is 6. The molecule has 8 nitrogen and oxygen atoms in total. The quantitative estimate of drug-likeness (QED) is 0.288. The summed E-state index contributed by atoms with van der Waals surface area (Å²) in [5.41, 5.74) is 2.23. The number of furan rings is 1. The molecule has 5 rings (SSSR count). The average molecular weight is 578 g/mol. The van der Waals surface area contributed by atoms with Crippen molar-refractivity contribution >= 4 is 45.2 Å². The molecule has 0 radical (unpaired) electrons. The van der Waals surface area contributed by atoms with E-state index in [1.165, 1.54) is 31.3 Å². The standard InChI is InChI=1S/C30H32BFN2O6S/c1-7-41(36,37)34-24-17-25-23(26(28(35)33-6)27(38-25)18-11-13-21(32)14-12-18)16-22(24)19-9-8-10-20(15-19)31-39-29(2,3)30(4,5)40-31/h8-17,34H,7H2,1-6H3,(H,33,35). The zero-order chi connectivity index (χ0) is 29.7. The molecular weight excluding hydrogens is 546 g/mol. The second-order valence-electron chi connectivity index (χ2n) is 11.0. The molecule has 3 aromatic carbocycles. The van der Waals surface area contributed by atoms with Crippen molar-refractivity contribution < 1.29 is 31.3 Å². The van der Waals surface area contributed by atoms with Gasteiger partial charge < -0.3 is 19.0 Å². The Bertz CT molecular complexity index is 1730. The summed E-state index contributed by atoms with van der Waals surface area (Å²) in [5.74, 6) is -0.721. The van der Waals surface area contributed by atoms with Gasteiger partial charge in [0.05, 0.1) is 28.2 Å². The lowest BCUT2D eigenvalue weighted by Gasteiger charge is -2.32. The number of anilines is 1. The topological polar surface area (TPSA) is 107 Å². The summed E-state index contributed by atoms with van der Waals surface area (Å²) in [4.78, 5) is 13.1. The van der Waals surface area contributed by atoms with Crippen LogP contribution in [0.4, 0.5) is 10.1 Å². The van der Waals surface area contributed by atoms with Gasteiger partial charge in [0, 0.05) is 29.6 Å². The number of carbonyl (C=O) groups is 1. The fraction of sp³-hybridized carbons (Fsp3) is 0.300. The summed E-state index contributed by atoms with van der Waals surface area (Å²) < 4.78 is 60.3. The Hall–Kier alpha value is -3.67. The second-order valence-corrected chi connectivity index (χ2v) is 13.0. The van der Waals surface area contributed by atoms with E-state index in [0.29, 0.717) is 27.7 Å². The van der Waals surface area contributed by atoms with Gasteiger partial charge in [-0.15, -0.1) is 0 Å². The van der Waals surface area contributed by atoms with E-state index in [-0.39, 0.29) is 22.8 Å². The van der Waals surface area contributed by atoms with E-state index in [0.717, 1.165) is 5.46 Å². The molecule has 1 fully saturated rings. The number of hydrogen-bond donors (Lipinski definition) is 2. The van der Waals surface area contributed by atoms with E-state index in [1.54, 1.807) is 19.1 Å². The SMILES string of the molecule is CCS(=O)(=O)Nc1cc2oc(-c3ccc(F)cc3)c(C(=O)NC)c2cc1-c1cccc(B2OC(C)(C)C(C)(C)O2)c1. The lowest BCUT2D eigenvalue weighted by molar-refractivity contribution is 0.00578. The molecule has 214 valence electrons. The first-order valence-electron chi connectivity index (χ1n) is 13.3. The van der Waals surface area contributed by atoms with Crippen molar-refractivity contribution in [3.8, 4) is 22.5 Å². The van der Waals surface area contributed by atoms with Crippen molar-refractivity contribution in [3.05, 3.63) is 72.0 Å². The molecule has 41 heavy (non-hydrogen) atoms. The third kappa shape index (κ3) is 5.37. The number of rotatable bonds is 7. The van der Waals surface area contributed by atoms with E-state index in [1.807, 2.05) is 52.0 Å². The monoisotopic (exact) mass is 578 g/mol. The summed E-state index contributed by atoms with van der Waals surface area (Å²) in [6.07, 6.45) is 0. The maximum Gasteiger partial charge on any atom is 0.494 e. The van der Waals surface area contributed by atoms with E-state index in [9.17, 15) is 17.6 Å². The van der Waals surface area contributed by atoms with Gasteiger partial charge in [0.15, 0.2) is 0 Å². The highest BCUT2D eigenvalue weighted by Gasteiger charge is 2.51. The van der Waals surface area contributed by atoms with Crippen molar-refractivity contribution in [1.29, 1.82) is 0 Å². The smallest absolute Gasteiger partial charge is 0.455 e. The molecule has 0 unspecified atom stereocenters. The van der Waals surface area contributed by atoms with Crippen LogP contribution in [0.1, 0.15) is 45.0 Å². The Balaban J connectivity index is 1.72. The lowest BCUT2D eigenvalue weighted by Crippen LogP contribution is -2.41. The van der Waals surface area contributed by atoms with Gasteiger partial charge >= 0.3 is 7.12 Å². The molecular formula is C30H32BFN2O6S. The van der Waals surface area contributed by atoms with Crippen LogP contribution in [0.5, 0.6) is 0 Å². The van der Waals surface area contributed by atoms with Gasteiger partial charge in [-0.3, -0.25) is 9.52 Å². The van der Waals surface area contributed by atoms with Gasteiger partial charge in [0.1, 0.15) is 17.2 Å². The van der Waals surface area contributed by atoms with Crippen LogP contribution in [0.25, 0.3) is 33.4 Å². The zero-order valence-electron chi connectivity index (χ0n) is 23.8. The first-order valence-corrected chi connectivity index (χ1v) is 15.0. The van der Waals surface area contributed by atoms with Gasteiger partial charge in [-0.2, -0.15) is 0 Å². The molecule has 1 aliphatic rings. The molecule has 0 atom stereocenters. The summed E-state index contributed by atoms with van der Waals surface area (Å²) in [6, 6.07) is 16.4. The van der Waals surface area contributed by atoms with Crippen molar-refractivity contribution in [2.24, 2.45) is 0 Å². The summed E-state index contributed by atoms with van der Waals surface area (Å²) >= 11 is 0. The van der Waals surface area contributed by atoms with Crippen molar-refractivity contribution in [2.75, 3.05) is 17.5 Å². The van der Waals surface area contributed by atoms with Gasteiger partial charge in [0.2, 0.25) is 10.0 Å². The minimum Gasteiger partial charge on any atom is -0.455 e. The van der Waals surface area contributed by atoms with E-state index in [2.05, 4.69) is 10.0 Å². The van der Waals surface area contributed by atoms with Crippen LogP contribution in [0, 0.1) is 5.82 Å². The molecule has 0 spiro atoms. The molecule has 1 amide bonds. The third-order valence-corrected chi connectivity index (χ3v) is 9.05. The van der Waals surface area contributed by atoms with Gasteiger partial charge in [-0.05, 0) is 76.0 Å². The Morgan fingerprint density at radius 1 is 0.951 bits per heavy atom. The van der Waals surface area contributed by atoms with Crippen molar-refractivity contribution in [3.63, 3.8) is 0 Å². The highest BCUT2D eigenvalue weighted by molar-refractivity contribution is 7.92. The van der Waals surface area contributed by atoms with Crippen LogP contribution < -0.4 is 15.5 Å². The van der Waals surface area contributed by atoms with Crippen molar-refractivity contribution in [1.82, 2.24) is 5.32 Å². The number of sulfonamides is 1. The Morgan fingerprint density at radius 3 is 2.22 bits per heavy atom. The third-order valence-electron chi connectivity index (χ3n) is 7.76. The van der Waals surface area contributed by atoms with Crippen molar-refractivity contribution in [2.45, 2.75) is 45.8 Å². The maximum atomic E-state index is 13.7. The number of halogens is 1. The van der Waals surface area contributed by atoms with E-state index >= 15 is 0 Å². The van der Waals surface area contributed by atoms with Crippen LogP contribution >= 0.6 is 0 Å². The number of amides is 1. The molecule has 2 heterocycles. The predicted molar refractivity (Wildman–Crippen MR) is 159 cm³/mol. The highest BCUT2D eigenvalue weighted by atomic mass is 32.2. The van der Waals surface area contributed by atoms with E-state index < -0.39 is 40.1 Å². The first kappa shape index (κ1) is 28.8. The maximum absolute atomic E-state index is 13.7. The molecule has 0 saturated carbocycles. The van der Waals surface area contributed by atoms with Crippen LogP contribution in [0.3, 0.4) is 0 Å². The fourth-order valence-corrected chi connectivity index (χ4v) is 5.34. The zero-order valence-corrected chi connectivity index (χ0v) is 24.6. The van der Waals surface area contributed by atoms with Gasteiger partial charge in [0.25, 0.3) is 5.91 Å². The largest absolute Gasteiger partial charge is 0.494 e. The Morgan fingerprint density at radius 2 is 1.61 bits per heavy atom. The number of fused-ring (bicyclic) bond motifs is 1. The molecule has 0 bridgehead atoms. The number of benzene rings is 3. The Kier molecular flexibility index (Phi) is 7.25. The molecule has 4 aromatic rings. The lowest BCUT2D eigenvalue weighted by atomic mass is 9.78. The minimum absolute atomic E-state index is 0.138. The molecule has 1 saturated heterocycles. The molecule has 1 aliphatic heterocycles. The molecule has 2 N–H and O–H groups in total. The first-order chi connectivity index (χ1) is 19.2. The average Bonchev–Trinajstić information content (AvgIpc) is 3.40. The summed E-state index contributed by atoms with van der Waals surface area (Å²) in [6.45, 7) is 9.43. The molecule has 11 heteroatoms. The van der Waals surface area contributed by atoms with Gasteiger partial charge in [-0.1, -0.05) is 24.3 Å². The number of carbonyl (C=O) groups excluding carboxylic acids is 1. The van der Waals surface area contributed by atoms with Crippen LogP contribution in [-0.2, 0) is 19.3 Å². The highest BCUT2D eigenvalue weighted by Crippen LogP contribution is 2.41. The second kappa shape index (κ2) is 10.3. The fourth-order valence-electron chi connectivity index (χ4n) is 4.69. The number of nitrogens with one attached hydrogen (secondary N) is 2. The molecule has 1 aromatic heterocycles. The summed E-state index contributed by atoms with van der Waals surface area (Å²) in [5, 5.41) is 3.12. The summed E-state index contributed by atoms with van der Waals surface area (Å²) in [7, 11) is -2.79. The predicted octanol–water partition coefficient (Wildman–Crippen LogP) is 5.33. The minimum atomic E-state index is -3.67. The normalized spacial score (nSPS) is 16.2. The van der Waals surface area contributed by atoms with E-state index in [4.69, 9.17) is 13.7 Å².